The van der Waals surface area contributed by atoms with Crippen LogP contribution in [0.15, 0.2) is 18.2 Å². The van der Waals surface area contributed by atoms with Crippen LogP contribution in [0.2, 0.25) is 0 Å². The normalized spacial score (nSPS) is 19.1. The van der Waals surface area contributed by atoms with Crippen LogP contribution in [0.4, 0.5) is 11.4 Å². The number of nitrogens with one attached hydrogen (secondary N) is 2. The fourth-order valence-corrected chi connectivity index (χ4v) is 2.52. The topological polar surface area (TPSA) is 53.6 Å². The first-order valence-corrected chi connectivity index (χ1v) is 6.78. The minimum atomic E-state index is 0.0838. The Kier molecular flexibility index (Phi) is 3.66. The highest BCUT2D eigenvalue weighted by Gasteiger charge is 2.17. The van der Waals surface area contributed by atoms with Crippen LogP contribution in [0.1, 0.15) is 5.56 Å². The van der Waals surface area contributed by atoms with Crippen molar-refractivity contribution in [2.24, 2.45) is 0 Å². The Balaban J connectivity index is 1.50. The van der Waals surface area contributed by atoms with Gasteiger partial charge >= 0.3 is 0 Å². The summed E-state index contributed by atoms with van der Waals surface area (Å²) in [6.45, 7) is 5.66. The molecule has 1 amide bonds. The molecule has 2 heterocycles. The number of anilines is 2. The van der Waals surface area contributed by atoms with Gasteiger partial charge in [0.15, 0.2) is 0 Å². The SMILES string of the molecule is O=C1Cc2cc(NCCN3CCOCC3)ccc2N1. The lowest BCUT2D eigenvalue weighted by Crippen LogP contribution is -2.39. The van der Waals surface area contributed by atoms with E-state index in [1.54, 1.807) is 0 Å². The molecule has 0 atom stereocenters. The Bertz CT molecular complexity index is 470. The molecule has 102 valence electrons. The fraction of sp³-hybridized carbons (Fsp3) is 0.500. The Morgan fingerprint density at radius 3 is 3.00 bits per heavy atom. The van der Waals surface area contributed by atoms with Crippen LogP contribution in [-0.4, -0.2) is 50.2 Å². The smallest absolute Gasteiger partial charge is 0.228 e. The van der Waals surface area contributed by atoms with Gasteiger partial charge in [0.05, 0.1) is 19.6 Å². The first-order valence-electron chi connectivity index (χ1n) is 6.78. The third-order valence-corrected chi connectivity index (χ3v) is 3.59. The van der Waals surface area contributed by atoms with Gasteiger partial charge in [-0.1, -0.05) is 0 Å². The number of hydrogen-bond acceptors (Lipinski definition) is 4. The summed E-state index contributed by atoms with van der Waals surface area (Å²) in [5.74, 6) is 0.0838. The summed E-state index contributed by atoms with van der Waals surface area (Å²) in [5.41, 5.74) is 3.12. The van der Waals surface area contributed by atoms with Gasteiger partial charge in [0, 0.05) is 37.6 Å². The molecule has 0 unspecified atom stereocenters. The summed E-state index contributed by atoms with van der Waals surface area (Å²) in [5, 5.41) is 6.26. The lowest BCUT2D eigenvalue weighted by molar-refractivity contribution is -0.115. The van der Waals surface area contributed by atoms with E-state index in [-0.39, 0.29) is 5.91 Å². The van der Waals surface area contributed by atoms with E-state index in [0.29, 0.717) is 6.42 Å². The van der Waals surface area contributed by atoms with Crippen molar-refractivity contribution in [3.05, 3.63) is 23.8 Å². The summed E-state index contributed by atoms with van der Waals surface area (Å²) in [6, 6.07) is 6.05. The van der Waals surface area contributed by atoms with Crippen molar-refractivity contribution in [1.29, 1.82) is 0 Å². The first kappa shape index (κ1) is 12.4. The van der Waals surface area contributed by atoms with Crippen molar-refractivity contribution in [2.45, 2.75) is 6.42 Å². The first-order chi connectivity index (χ1) is 9.31. The number of carbonyl (C=O) groups excluding carboxylic acids is 1. The summed E-state index contributed by atoms with van der Waals surface area (Å²) >= 11 is 0. The molecule has 1 fully saturated rings. The molecule has 0 saturated carbocycles. The maximum absolute atomic E-state index is 11.3. The number of rotatable bonds is 4. The van der Waals surface area contributed by atoms with E-state index < -0.39 is 0 Å². The molecule has 0 radical (unpaired) electrons. The molecule has 2 aliphatic rings. The largest absolute Gasteiger partial charge is 0.384 e. The van der Waals surface area contributed by atoms with Crippen molar-refractivity contribution in [1.82, 2.24) is 4.90 Å². The average Bonchev–Trinajstić information content (AvgIpc) is 2.79. The molecule has 2 N–H and O–H groups in total. The summed E-state index contributed by atoms with van der Waals surface area (Å²) in [7, 11) is 0. The summed E-state index contributed by atoms with van der Waals surface area (Å²) in [4.78, 5) is 13.7. The van der Waals surface area contributed by atoms with Gasteiger partial charge in [0.1, 0.15) is 0 Å². The van der Waals surface area contributed by atoms with E-state index in [1.165, 1.54) is 0 Å². The Hall–Kier alpha value is -1.59. The van der Waals surface area contributed by atoms with Crippen LogP contribution < -0.4 is 10.6 Å². The lowest BCUT2D eigenvalue weighted by Gasteiger charge is -2.26. The van der Waals surface area contributed by atoms with Gasteiger partial charge in [-0.25, -0.2) is 0 Å². The highest BCUT2D eigenvalue weighted by Crippen LogP contribution is 2.25. The maximum Gasteiger partial charge on any atom is 0.228 e. The number of carbonyl (C=O) groups is 1. The molecule has 5 heteroatoms. The molecule has 0 aliphatic carbocycles. The van der Waals surface area contributed by atoms with Gasteiger partial charge in [-0.3, -0.25) is 9.69 Å². The number of ether oxygens (including phenoxy) is 1. The highest BCUT2D eigenvalue weighted by molar-refractivity contribution is 5.99. The van der Waals surface area contributed by atoms with E-state index in [9.17, 15) is 4.79 Å². The van der Waals surface area contributed by atoms with E-state index >= 15 is 0 Å². The molecule has 0 bridgehead atoms. The third kappa shape index (κ3) is 3.05. The minimum Gasteiger partial charge on any atom is -0.384 e. The number of morpholine rings is 1. The molecule has 3 rings (SSSR count). The van der Waals surface area contributed by atoms with Crippen LogP contribution in [0.25, 0.3) is 0 Å². The van der Waals surface area contributed by atoms with Crippen LogP contribution in [0, 0.1) is 0 Å². The van der Waals surface area contributed by atoms with Crippen molar-refractivity contribution in [3.63, 3.8) is 0 Å². The molecular weight excluding hydrogens is 242 g/mol. The molecule has 1 saturated heterocycles. The Morgan fingerprint density at radius 2 is 2.16 bits per heavy atom. The second-order valence-corrected chi connectivity index (χ2v) is 4.98. The molecule has 1 aromatic carbocycles. The summed E-state index contributed by atoms with van der Waals surface area (Å²) in [6.07, 6.45) is 0.494. The quantitative estimate of drug-likeness (QED) is 0.846. The molecule has 0 spiro atoms. The highest BCUT2D eigenvalue weighted by atomic mass is 16.5. The predicted octanol–water partition coefficient (Wildman–Crippen LogP) is 0.925. The van der Waals surface area contributed by atoms with Crippen LogP contribution in [-0.2, 0) is 16.0 Å². The number of fused-ring (bicyclic) bond motifs is 1. The van der Waals surface area contributed by atoms with Gasteiger partial charge in [-0.15, -0.1) is 0 Å². The van der Waals surface area contributed by atoms with E-state index in [4.69, 9.17) is 4.74 Å². The zero-order valence-corrected chi connectivity index (χ0v) is 10.9. The number of nitrogens with zero attached hydrogens (tertiary/aromatic N) is 1. The van der Waals surface area contributed by atoms with Crippen LogP contribution in [0.3, 0.4) is 0 Å². The van der Waals surface area contributed by atoms with Gasteiger partial charge in [0.25, 0.3) is 0 Å². The number of hydrogen-bond donors (Lipinski definition) is 2. The molecule has 19 heavy (non-hydrogen) atoms. The third-order valence-electron chi connectivity index (χ3n) is 3.59. The molecule has 5 nitrogen and oxygen atoms in total. The summed E-state index contributed by atoms with van der Waals surface area (Å²) < 4.78 is 5.32. The van der Waals surface area contributed by atoms with E-state index in [2.05, 4.69) is 21.6 Å². The predicted molar refractivity (Wildman–Crippen MR) is 74.5 cm³/mol. The van der Waals surface area contributed by atoms with Crippen LogP contribution >= 0.6 is 0 Å². The van der Waals surface area contributed by atoms with Gasteiger partial charge in [0.2, 0.25) is 5.91 Å². The van der Waals surface area contributed by atoms with E-state index in [1.807, 2.05) is 12.1 Å². The Morgan fingerprint density at radius 1 is 1.32 bits per heavy atom. The second-order valence-electron chi connectivity index (χ2n) is 4.98. The van der Waals surface area contributed by atoms with Gasteiger partial charge < -0.3 is 15.4 Å². The standard InChI is InChI=1S/C14H19N3O2/c18-14-10-11-9-12(1-2-13(11)16-14)15-3-4-17-5-7-19-8-6-17/h1-2,9,15H,3-8,10H2,(H,16,18). The van der Waals surface area contributed by atoms with Crippen molar-refractivity contribution < 1.29 is 9.53 Å². The zero-order chi connectivity index (χ0) is 13.1. The van der Waals surface area contributed by atoms with Crippen molar-refractivity contribution in [3.8, 4) is 0 Å². The van der Waals surface area contributed by atoms with Gasteiger partial charge in [-0.05, 0) is 23.8 Å². The molecule has 1 aromatic rings. The fourth-order valence-electron chi connectivity index (χ4n) is 2.52. The number of benzene rings is 1. The lowest BCUT2D eigenvalue weighted by atomic mass is 10.1. The van der Waals surface area contributed by atoms with Gasteiger partial charge in [-0.2, -0.15) is 0 Å². The molecule has 0 aromatic heterocycles. The Labute approximate surface area is 112 Å². The van der Waals surface area contributed by atoms with Crippen molar-refractivity contribution >= 4 is 17.3 Å². The molecule has 2 aliphatic heterocycles. The minimum absolute atomic E-state index is 0.0838. The van der Waals surface area contributed by atoms with Crippen LogP contribution in [0.5, 0.6) is 0 Å². The maximum atomic E-state index is 11.3. The zero-order valence-electron chi connectivity index (χ0n) is 10.9. The number of amides is 1. The van der Waals surface area contributed by atoms with E-state index in [0.717, 1.165) is 56.3 Å². The average molecular weight is 261 g/mol. The second kappa shape index (κ2) is 5.59. The monoisotopic (exact) mass is 261 g/mol. The molecular formula is C14H19N3O2. The van der Waals surface area contributed by atoms with Crippen molar-refractivity contribution in [2.75, 3.05) is 50.0 Å².